The average Bonchev–Trinajstić information content (AvgIpc) is 3.10. The van der Waals surface area contributed by atoms with E-state index in [4.69, 9.17) is 5.73 Å². The van der Waals surface area contributed by atoms with E-state index in [1.54, 1.807) is 0 Å². The number of rotatable bonds is 4. The third-order valence-corrected chi connectivity index (χ3v) is 5.99. The van der Waals surface area contributed by atoms with Crippen molar-refractivity contribution in [1.82, 2.24) is 4.90 Å². The Bertz CT molecular complexity index is 264. The van der Waals surface area contributed by atoms with Crippen LogP contribution in [0.25, 0.3) is 0 Å². The number of nitrogens with zero attached hydrogens (tertiary/aromatic N) is 1. The topological polar surface area (TPSA) is 29.3 Å². The van der Waals surface area contributed by atoms with Crippen LogP contribution in [0.1, 0.15) is 64.2 Å². The minimum Gasteiger partial charge on any atom is -0.330 e. The van der Waals surface area contributed by atoms with Crippen LogP contribution in [0.3, 0.4) is 0 Å². The average molecular weight is 250 g/mol. The number of hydrogen-bond acceptors (Lipinski definition) is 2. The molecular formula is C16H30N2. The van der Waals surface area contributed by atoms with Crippen LogP contribution in [0, 0.1) is 11.3 Å². The van der Waals surface area contributed by atoms with Crippen molar-refractivity contribution in [1.29, 1.82) is 0 Å². The van der Waals surface area contributed by atoms with Crippen molar-refractivity contribution < 1.29 is 0 Å². The second kappa shape index (κ2) is 5.50. The highest BCUT2D eigenvalue weighted by Gasteiger charge is 2.39. The van der Waals surface area contributed by atoms with Crippen LogP contribution in [-0.4, -0.2) is 30.6 Å². The van der Waals surface area contributed by atoms with Crippen LogP contribution >= 0.6 is 0 Å². The zero-order valence-corrected chi connectivity index (χ0v) is 11.9. The molecule has 0 radical (unpaired) electrons. The van der Waals surface area contributed by atoms with Gasteiger partial charge in [-0.2, -0.15) is 0 Å². The second-order valence-corrected chi connectivity index (χ2v) is 7.14. The van der Waals surface area contributed by atoms with Gasteiger partial charge in [0.2, 0.25) is 0 Å². The summed E-state index contributed by atoms with van der Waals surface area (Å²) in [5.41, 5.74) is 6.61. The molecule has 0 aromatic rings. The molecule has 1 unspecified atom stereocenters. The molecular weight excluding hydrogens is 220 g/mol. The van der Waals surface area contributed by atoms with E-state index < -0.39 is 0 Å². The molecule has 1 aliphatic heterocycles. The lowest BCUT2D eigenvalue weighted by Gasteiger charge is -2.37. The number of likely N-dealkylation sites (tertiary alicyclic amines) is 1. The van der Waals surface area contributed by atoms with Crippen molar-refractivity contribution in [3.63, 3.8) is 0 Å². The van der Waals surface area contributed by atoms with E-state index in [1.807, 2.05) is 0 Å². The number of nitrogens with two attached hydrogens (primary N) is 1. The molecule has 1 atom stereocenters. The summed E-state index contributed by atoms with van der Waals surface area (Å²) < 4.78 is 0. The smallest absolute Gasteiger partial charge is 0.0124 e. The molecule has 2 nitrogen and oxygen atoms in total. The first-order valence-electron chi connectivity index (χ1n) is 8.27. The molecule has 1 saturated heterocycles. The van der Waals surface area contributed by atoms with E-state index in [1.165, 1.54) is 77.3 Å². The van der Waals surface area contributed by atoms with Crippen LogP contribution in [0.15, 0.2) is 0 Å². The molecule has 3 aliphatic rings. The summed E-state index contributed by atoms with van der Waals surface area (Å²) in [6, 6.07) is 0.913. The molecule has 2 saturated carbocycles. The fraction of sp³-hybridized carbons (Fsp3) is 1.00. The highest BCUT2D eigenvalue weighted by Crippen LogP contribution is 2.41. The summed E-state index contributed by atoms with van der Waals surface area (Å²) in [5.74, 6) is 1.02. The van der Waals surface area contributed by atoms with Gasteiger partial charge >= 0.3 is 0 Å². The van der Waals surface area contributed by atoms with Gasteiger partial charge in [0, 0.05) is 12.6 Å². The van der Waals surface area contributed by atoms with E-state index in [0.717, 1.165) is 18.5 Å². The van der Waals surface area contributed by atoms with Crippen molar-refractivity contribution in [3.05, 3.63) is 0 Å². The summed E-state index contributed by atoms with van der Waals surface area (Å²) >= 11 is 0. The fourth-order valence-corrected chi connectivity index (χ4v) is 4.91. The first-order chi connectivity index (χ1) is 8.83. The van der Waals surface area contributed by atoms with Crippen molar-refractivity contribution in [2.24, 2.45) is 17.1 Å². The van der Waals surface area contributed by atoms with Gasteiger partial charge in [-0.15, -0.1) is 0 Å². The lowest BCUT2D eigenvalue weighted by molar-refractivity contribution is 0.117. The Morgan fingerprint density at radius 3 is 2.33 bits per heavy atom. The van der Waals surface area contributed by atoms with Gasteiger partial charge in [0.25, 0.3) is 0 Å². The second-order valence-electron chi connectivity index (χ2n) is 7.14. The van der Waals surface area contributed by atoms with Gasteiger partial charge in [-0.25, -0.2) is 0 Å². The first-order valence-corrected chi connectivity index (χ1v) is 8.27. The predicted octanol–water partition coefficient (Wildman–Crippen LogP) is 3.16. The van der Waals surface area contributed by atoms with E-state index in [0.29, 0.717) is 5.41 Å². The Hall–Kier alpha value is -0.0800. The summed E-state index contributed by atoms with van der Waals surface area (Å²) in [6.45, 7) is 3.58. The van der Waals surface area contributed by atoms with E-state index >= 15 is 0 Å². The zero-order valence-electron chi connectivity index (χ0n) is 11.9. The molecule has 104 valence electrons. The van der Waals surface area contributed by atoms with E-state index in [9.17, 15) is 0 Å². The quantitative estimate of drug-likeness (QED) is 0.830. The Morgan fingerprint density at radius 1 is 0.944 bits per heavy atom. The standard InChI is InChI=1S/C16H30N2/c17-12-16(9-3-4-10-16)13-18-11-5-8-15(18)14-6-1-2-7-14/h14-15H,1-13,17H2. The summed E-state index contributed by atoms with van der Waals surface area (Å²) in [5, 5.41) is 0. The Balaban J connectivity index is 1.63. The van der Waals surface area contributed by atoms with Gasteiger partial charge in [0.1, 0.15) is 0 Å². The highest BCUT2D eigenvalue weighted by molar-refractivity contribution is 4.94. The van der Waals surface area contributed by atoms with Gasteiger partial charge in [-0.1, -0.05) is 25.7 Å². The third-order valence-electron chi connectivity index (χ3n) is 5.99. The molecule has 2 heteroatoms. The van der Waals surface area contributed by atoms with E-state index in [2.05, 4.69) is 4.90 Å². The van der Waals surface area contributed by atoms with Crippen molar-refractivity contribution in [2.45, 2.75) is 70.3 Å². The maximum absolute atomic E-state index is 6.12. The molecule has 1 heterocycles. The maximum Gasteiger partial charge on any atom is 0.0124 e. The molecule has 2 N–H and O–H groups in total. The highest BCUT2D eigenvalue weighted by atomic mass is 15.2. The van der Waals surface area contributed by atoms with Crippen LogP contribution in [0.4, 0.5) is 0 Å². The zero-order chi connectivity index (χ0) is 12.4. The minimum atomic E-state index is 0.487. The largest absolute Gasteiger partial charge is 0.330 e. The van der Waals surface area contributed by atoms with Gasteiger partial charge in [0.15, 0.2) is 0 Å². The molecule has 18 heavy (non-hydrogen) atoms. The number of hydrogen-bond donors (Lipinski definition) is 1. The Kier molecular flexibility index (Phi) is 3.95. The third kappa shape index (κ3) is 2.46. The van der Waals surface area contributed by atoms with Gasteiger partial charge in [-0.3, -0.25) is 4.90 Å². The molecule has 0 bridgehead atoms. The van der Waals surface area contributed by atoms with E-state index in [-0.39, 0.29) is 0 Å². The van der Waals surface area contributed by atoms with Crippen LogP contribution in [0.2, 0.25) is 0 Å². The van der Waals surface area contributed by atoms with Crippen molar-refractivity contribution in [2.75, 3.05) is 19.6 Å². The normalized spacial score (nSPS) is 33.5. The Morgan fingerprint density at radius 2 is 1.67 bits per heavy atom. The molecule has 3 rings (SSSR count). The molecule has 2 aliphatic carbocycles. The van der Waals surface area contributed by atoms with Crippen molar-refractivity contribution in [3.8, 4) is 0 Å². The predicted molar refractivity (Wildman–Crippen MR) is 76.5 cm³/mol. The van der Waals surface area contributed by atoms with Gasteiger partial charge in [0.05, 0.1) is 0 Å². The van der Waals surface area contributed by atoms with Crippen LogP contribution in [0.5, 0.6) is 0 Å². The minimum absolute atomic E-state index is 0.487. The Labute approximate surface area is 112 Å². The lowest BCUT2D eigenvalue weighted by Crippen LogP contribution is -2.45. The SMILES string of the molecule is NCC1(CN2CCCC2C2CCCC2)CCCC1. The van der Waals surface area contributed by atoms with Crippen LogP contribution in [-0.2, 0) is 0 Å². The molecule has 0 aromatic heterocycles. The summed E-state index contributed by atoms with van der Waals surface area (Å²) in [6.07, 6.45) is 14.5. The van der Waals surface area contributed by atoms with Crippen molar-refractivity contribution >= 4 is 0 Å². The monoisotopic (exact) mass is 250 g/mol. The summed E-state index contributed by atoms with van der Waals surface area (Å²) in [7, 11) is 0. The molecule has 3 fully saturated rings. The molecule has 0 aromatic carbocycles. The van der Waals surface area contributed by atoms with Gasteiger partial charge < -0.3 is 5.73 Å². The lowest BCUT2D eigenvalue weighted by atomic mass is 9.84. The van der Waals surface area contributed by atoms with Gasteiger partial charge in [-0.05, 0) is 62.9 Å². The first kappa shape index (κ1) is 12.9. The fourth-order valence-electron chi connectivity index (χ4n) is 4.91. The molecule has 0 amide bonds. The summed E-state index contributed by atoms with van der Waals surface area (Å²) in [4.78, 5) is 2.84. The van der Waals surface area contributed by atoms with Crippen LogP contribution < -0.4 is 5.73 Å². The maximum atomic E-state index is 6.12. The molecule has 0 spiro atoms.